The fraction of sp³-hybridized carbons (Fsp3) is 0.714. The van der Waals surface area contributed by atoms with E-state index in [0.717, 1.165) is 0 Å². The van der Waals surface area contributed by atoms with Gasteiger partial charge in [-0.25, -0.2) is 0 Å². The van der Waals surface area contributed by atoms with Gasteiger partial charge in [-0.2, -0.15) is 8.42 Å². The van der Waals surface area contributed by atoms with Crippen LogP contribution in [0.4, 0.5) is 0 Å². The molecule has 0 aliphatic rings. The SMILES string of the molecule is C=CCNC(C(C)C)S(=O)(=O)O. The molecular weight excluding hydrogens is 178 g/mol. The largest absolute Gasteiger partial charge is 0.295 e. The molecule has 0 aromatic rings. The Morgan fingerprint density at radius 2 is 2.08 bits per heavy atom. The molecule has 0 bridgehead atoms. The van der Waals surface area contributed by atoms with Gasteiger partial charge in [-0.1, -0.05) is 19.9 Å². The average molecular weight is 193 g/mol. The highest BCUT2D eigenvalue weighted by atomic mass is 32.2. The summed E-state index contributed by atoms with van der Waals surface area (Å²) < 4.78 is 30.2. The monoisotopic (exact) mass is 193 g/mol. The van der Waals surface area contributed by atoms with Crippen molar-refractivity contribution in [3.63, 3.8) is 0 Å². The molecule has 0 rings (SSSR count). The summed E-state index contributed by atoms with van der Waals surface area (Å²) in [6.07, 6.45) is 1.54. The molecule has 72 valence electrons. The second-order valence-electron chi connectivity index (χ2n) is 2.88. The van der Waals surface area contributed by atoms with Crippen molar-refractivity contribution < 1.29 is 13.0 Å². The van der Waals surface area contributed by atoms with Gasteiger partial charge < -0.3 is 0 Å². The zero-order valence-electron chi connectivity index (χ0n) is 7.32. The van der Waals surface area contributed by atoms with Gasteiger partial charge in [-0.05, 0) is 5.92 Å². The molecule has 1 atom stereocenters. The molecule has 0 saturated carbocycles. The van der Waals surface area contributed by atoms with Crippen LogP contribution < -0.4 is 5.32 Å². The molecular formula is C7H15NO3S. The van der Waals surface area contributed by atoms with E-state index in [1.165, 1.54) is 0 Å². The molecule has 0 fully saturated rings. The van der Waals surface area contributed by atoms with Crippen LogP contribution in [0.3, 0.4) is 0 Å². The van der Waals surface area contributed by atoms with Gasteiger partial charge in [-0.15, -0.1) is 6.58 Å². The number of nitrogens with one attached hydrogen (secondary N) is 1. The van der Waals surface area contributed by atoms with Crippen LogP contribution in [0.1, 0.15) is 13.8 Å². The molecule has 0 aliphatic heterocycles. The third-order valence-corrected chi connectivity index (χ3v) is 2.74. The number of hydrogen-bond donors (Lipinski definition) is 2. The Hall–Kier alpha value is -0.390. The highest BCUT2D eigenvalue weighted by Gasteiger charge is 2.24. The first-order valence-corrected chi connectivity index (χ1v) is 5.20. The lowest BCUT2D eigenvalue weighted by Crippen LogP contribution is -2.40. The normalized spacial score (nSPS) is 14.7. The fourth-order valence-electron chi connectivity index (χ4n) is 0.884. The summed E-state index contributed by atoms with van der Waals surface area (Å²) >= 11 is 0. The predicted molar refractivity (Wildman–Crippen MR) is 48.4 cm³/mol. The zero-order valence-corrected chi connectivity index (χ0v) is 8.13. The molecule has 0 amide bonds. The maximum absolute atomic E-state index is 10.7. The zero-order chi connectivity index (χ0) is 9.78. The van der Waals surface area contributed by atoms with Crippen molar-refractivity contribution in [3.05, 3.63) is 12.7 Å². The van der Waals surface area contributed by atoms with Crippen LogP contribution in [0, 0.1) is 5.92 Å². The highest BCUT2D eigenvalue weighted by Crippen LogP contribution is 2.07. The van der Waals surface area contributed by atoms with Crippen LogP contribution >= 0.6 is 0 Å². The van der Waals surface area contributed by atoms with E-state index < -0.39 is 15.5 Å². The smallest absolute Gasteiger partial charge is 0.281 e. The van der Waals surface area contributed by atoms with Crippen molar-refractivity contribution in [2.24, 2.45) is 5.92 Å². The van der Waals surface area contributed by atoms with Crippen molar-refractivity contribution in [1.82, 2.24) is 5.32 Å². The van der Waals surface area contributed by atoms with Crippen molar-refractivity contribution >= 4 is 10.1 Å². The molecule has 0 aromatic heterocycles. The fourth-order valence-corrected chi connectivity index (χ4v) is 1.88. The lowest BCUT2D eigenvalue weighted by molar-refractivity contribution is 0.418. The molecule has 2 N–H and O–H groups in total. The first-order chi connectivity index (χ1) is 5.39. The Bertz CT molecular complexity index is 233. The van der Waals surface area contributed by atoms with Gasteiger partial charge in [0.15, 0.2) is 0 Å². The Morgan fingerprint density at radius 3 is 2.33 bits per heavy atom. The van der Waals surface area contributed by atoms with E-state index in [1.807, 2.05) is 0 Å². The minimum Gasteiger partial charge on any atom is -0.295 e. The summed E-state index contributed by atoms with van der Waals surface area (Å²) in [5.41, 5.74) is 0. The van der Waals surface area contributed by atoms with E-state index in [4.69, 9.17) is 4.55 Å². The molecule has 0 saturated heterocycles. The Morgan fingerprint density at radius 1 is 1.58 bits per heavy atom. The van der Waals surface area contributed by atoms with Crippen molar-refractivity contribution in [3.8, 4) is 0 Å². The topological polar surface area (TPSA) is 66.4 Å². The summed E-state index contributed by atoms with van der Waals surface area (Å²) in [5.74, 6) is -0.167. The first kappa shape index (κ1) is 11.6. The Balaban J connectivity index is 4.35. The van der Waals surface area contributed by atoms with Crippen LogP contribution in [0.15, 0.2) is 12.7 Å². The summed E-state index contributed by atoms with van der Waals surface area (Å²) in [7, 11) is -4.00. The van der Waals surface area contributed by atoms with E-state index in [2.05, 4.69) is 11.9 Å². The van der Waals surface area contributed by atoms with Gasteiger partial charge in [0.1, 0.15) is 5.37 Å². The molecule has 4 nitrogen and oxygen atoms in total. The third-order valence-electron chi connectivity index (χ3n) is 1.39. The van der Waals surface area contributed by atoms with Gasteiger partial charge in [0.05, 0.1) is 0 Å². The minimum absolute atomic E-state index is 0.167. The summed E-state index contributed by atoms with van der Waals surface area (Å²) in [5, 5.41) is 1.75. The van der Waals surface area contributed by atoms with Crippen LogP contribution in [0.25, 0.3) is 0 Å². The molecule has 1 unspecified atom stereocenters. The van der Waals surface area contributed by atoms with Gasteiger partial charge >= 0.3 is 0 Å². The van der Waals surface area contributed by atoms with Crippen LogP contribution in [-0.4, -0.2) is 24.9 Å². The molecule has 0 radical (unpaired) electrons. The average Bonchev–Trinajstić information content (AvgIpc) is 1.84. The standard InChI is InChI=1S/C7H15NO3S/c1-4-5-8-7(6(2)3)12(9,10)11/h4,6-8H,1,5H2,2-3H3,(H,9,10,11). The van der Waals surface area contributed by atoms with Gasteiger partial charge in [0, 0.05) is 6.54 Å². The van der Waals surface area contributed by atoms with Crippen LogP contribution in [0.5, 0.6) is 0 Å². The van der Waals surface area contributed by atoms with E-state index in [0.29, 0.717) is 6.54 Å². The molecule has 0 heterocycles. The summed E-state index contributed by atoms with van der Waals surface area (Å²) in [6, 6.07) is 0. The molecule has 12 heavy (non-hydrogen) atoms. The molecule has 5 heteroatoms. The van der Waals surface area contributed by atoms with E-state index >= 15 is 0 Å². The van der Waals surface area contributed by atoms with Crippen LogP contribution in [-0.2, 0) is 10.1 Å². The van der Waals surface area contributed by atoms with Gasteiger partial charge in [0.2, 0.25) is 0 Å². The van der Waals surface area contributed by atoms with E-state index in [1.54, 1.807) is 19.9 Å². The molecule has 0 aliphatic carbocycles. The van der Waals surface area contributed by atoms with E-state index in [-0.39, 0.29) is 5.92 Å². The second kappa shape index (κ2) is 4.59. The summed E-state index contributed by atoms with van der Waals surface area (Å²) in [6.45, 7) is 7.23. The third kappa shape index (κ3) is 3.85. The maximum atomic E-state index is 10.7. The van der Waals surface area contributed by atoms with Crippen molar-refractivity contribution in [2.75, 3.05) is 6.54 Å². The number of rotatable bonds is 5. The second-order valence-corrected chi connectivity index (χ2v) is 4.41. The molecule has 0 aromatic carbocycles. The first-order valence-electron chi connectivity index (χ1n) is 3.70. The lowest BCUT2D eigenvalue weighted by atomic mass is 10.2. The number of hydrogen-bond acceptors (Lipinski definition) is 3. The minimum atomic E-state index is -4.00. The maximum Gasteiger partial charge on any atom is 0.281 e. The van der Waals surface area contributed by atoms with Crippen LogP contribution in [0.2, 0.25) is 0 Å². The van der Waals surface area contributed by atoms with Gasteiger partial charge in [0.25, 0.3) is 10.1 Å². The Labute approximate surface area is 73.4 Å². The Kier molecular flexibility index (Phi) is 4.44. The summed E-state index contributed by atoms with van der Waals surface area (Å²) in [4.78, 5) is 0. The quantitative estimate of drug-likeness (QED) is 0.496. The van der Waals surface area contributed by atoms with Gasteiger partial charge in [-0.3, -0.25) is 9.87 Å². The molecule has 0 spiro atoms. The predicted octanol–water partition coefficient (Wildman–Crippen LogP) is 0.632. The highest BCUT2D eigenvalue weighted by molar-refractivity contribution is 7.86. The van der Waals surface area contributed by atoms with Crippen molar-refractivity contribution in [2.45, 2.75) is 19.2 Å². The van der Waals surface area contributed by atoms with E-state index in [9.17, 15) is 8.42 Å². The van der Waals surface area contributed by atoms with Crippen molar-refractivity contribution in [1.29, 1.82) is 0 Å². The lowest BCUT2D eigenvalue weighted by Gasteiger charge is -2.17.